The van der Waals surface area contributed by atoms with Gasteiger partial charge in [-0.1, -0.05) is 91.6 Å². The minimum absolute atomic E-state index is 0.0200. The number of amides is 1. The third kappa shape index (κ3) is 6.05. The van der Waals surface area contributed by atoms with Gasteiger partial charge in [-0.05, 0) is 51.9 Å². The maximum atomic E-state index is 13.7. The Labute approximate surface area is 239 Å². The number of hydrogen-bond acceptors (Lipinski definition) is 3. The summed E-state index contributed by atoms with van der Waals surface area (Å²) in [5.41, 5.74) is 4.78. The average Bonchev–Trinajstić information content (AvgIpc) is 3.32. The Morgan fingerprint density at radius 2 is 1.67 bits per heavy atom. The lowest BCUT2D eigenvalue weighted by atomic mass is 9.85. The minimum atomic E-state index is -0.461. The Kier molecular flexibility index (Phi) is 7.58. The van der Waals surface area contributed by atoms with Crippen LogP contribution in [0.4, 0.5) is 4.39 Å². The summed E-state index contributed by atoms with van der Waals surface area (Å²) in [6.07, 6.45) is 3.59. The van der Waals surface area contributed by atoms with Crippen LogP contribution in [0.5, 0.6) is 0 Å². The number of hydrogen-bond donors (Lipinski definition) is 0. The standard InChI is InChI=1S/C32H31Cl2FN2O2/c1-31(2,3)24-10-7-21(8-11-24)26(22-9-12-27(33)28(34)18-22)19-30(38)37-15-13-32(14-16-37)20-29(36-39-32)23-5-4-6-25(35)17-23/h4-12,17-19H,13-16,20H2,1-3H3/b26-19-. The zero-order valence-electron chi connectivity index (χ0n) is 22.3. The number of rotatable bonds is 4. The van der Waals surface area contributed by atoms with Crippen molar-refractivity contribution < 1.29 is 14.0 Å². The largest absolute Gasteiger partial charge is 0.388 e. The molecule has 0 bridgehead atoms. The van der Waals surface area contributed by atoms with Gasteiger partial charge in [-0.25, -0.2) is 4.39 Å². The van der Waals surface area contributed by atoms with Crippen LogP contribution in [0.25, 0.3) is 5.57 Å². The molecule has 0 radical (unpaired) electrons. The lowest BCUT2D eigenvalue weighted by Crippen LogP contribution is -2.46. The van der Waals surface area contributed by atoms with Crippen LogP contribution in [0.15, 0.2) is 78.0 Å². The van der Waals surface area contributed by atoms with Gasteiger partial charge in [0.05, 0.1) is 15.8 Å². The van der Waals surface area contributed by atoms with Crippen molar-refractivity contribution in [1.29, 1.82) is 0 Å². The van der Waals surface area contributed by atoms with Crippen molar-refractivity contribution in [3.8, 4) is 0 Å². The zero-order chi connectivity index (χ0) is 27.8. The molecular weight excluding hydrogens is 534 g/mol. The van der Waals surface area contributed by atoms with Crippen molar-refractivity contribution in [2.75, 3.05) is 13.1 Å². The maximum Gasteiger partial charge on any atom is 0.247 e. The Bertz CT molecular complexity index is 1450. The molecule has 0 unspecified atom stereocenters. The van der Waals surface area contributed by atoms with E-state index in [1.54, 1.807) is 24.3 Å². The molecule has 2 aliphatic heterocycles. The number of likely N-dealkylation sites (tertiary alicyclic amines) is 1. The van der Waals surface area contributed by atoms with E-state index in [1.165, 1.54) is 17.7 Å². The van der Waals surface area contributed by atoms with Crippen molar-refractivity contribution >= 4 is 40.4 Å². The molecule has 3 aromatic rings. The van der Waals surface area contributed by atoms with Crippen molar-refractivity contribution in [2.45, 2.75) is 51.0 Å². The molecule has 0 saturated carbocycles. The molecule has 2 heterocycles. The van der Waals surface area contributed by atoms with E-state index in [0.717, 1.165) is 28.0 Å². The summed E-state index contributed by atoms with van der Waals surface area (Å²) in [6.45, 7) is 7.59. The van der Waals surface area contributed by atoms with E-state index < -0.39 is 5.60 Å². The van der Waals surface area contributed by atoms with Gasteiger partial charge in [0.1, 0.15) is 11.4 Å². The fourth-order valence-corrected chi connectivity index (χ4v) is 5.41. The normalized spacial score (nSPS) is 17.2. The van der Waals surface area contributed by atoms with Gasteiger partial charge in [0.2, 0.25) is 5.91 Å². The molecule has 5 rings (SSSR count). The van der Waals surface area contributed by atoms with E-state index in [4.69, 9.17) is 28.0 Å². The first-order valence-corrected chi connectivity index (χ1v) is 13.9. The summed E-state index contributed by atoms with van der Waals surface area (Å²) in [7, 11) is 0. The highest BCUT2D eigenvalue weighted by atomic mass is 35.5. The first-order valence-electron chi connectivity index (χ1n) is 13.1. The predicted octanol–water partition coefficient (Wildman–Crippen LogP) is 8.05. The van der Waals surface area contributed by atoms with Crippen LogP contribution < -0.4 is 0 Å². The average molecular weight is 566 g/mol. The molecule has 0 aromatic heterocycles. The van der Waals surface area contributed by atoms with Crippen LogP contribution in [-0.2, 0) is 15.0 Å². The molecule has 2 aliphatic rings. The monoisotopic (exact) mass is 564 g/mol. The highest BCUT2D eigenvalue weighted by molar-refractivity contribution is 6.42. The van der Waals surface area contributed by atoms with Crippen molar-refractivity contribution in [3.05, 3.63) is 111 Å². The van der Waals surface area contributed by atoms with Crippen LogP contribution in [0.1, 0.15) is 62.3 Å². The highest BCUT2D eigenvalue weighted by Gasteiger charge is 2.43. The number of oxime groups is 1. The molecule has 7 heteroatoms. The number of carbonyl (C=O) groups is 1. The van der Waals surface area contributed by atoms with Gasteiger partial charge in [-0.15, -0.1) is 0 Å². The Balaban J connectivity index is 1.34. The zero-order valence-corrected chi connectivity index (χ0v) is 23.8. The van der Waals surface area contributed by atoms with E-state index in [-0.39, 0.29) is 17.1 Å². The summed E-state index contributed by atoms with van der Waals surface area (Å²) in [6, 6.07) is 20.1. The highest BCUT2D eigenvalue weighted by Crippen LogP contribution is 2.37. The van der Waals surface area contributed by atoms with Crippen LogP contribution in [0.3, 0.4) is 0 Å². The predicted molar refractivity (Wildman–Crippen MR) is 156 cm³/mol. The molecule has 1 saturated heterocycles. The van der Waals surface area contributed by atoms with E-state index in [1.807, 2.05) is 29.2 Å². The quantitative estimate of drug-likeness (QED) is 0.301. The number of halogens is 3. The second kappa shape index (κ2) is 10.8. The molecule has 4 nitrogen and oxygen atoms in total. The van der Waals surface area contributed by atoms with Gasteiger partial charge in [-0.3, -0.25) is 4.79 Å². The summed E-state index contributed by atoms with van der Waals surface area (Å²) in [4.78, 5) is 21.3. The lowest BCUT2D eigenvalue weighted by molar-refractivity contribution is -0.131. The molecule has 3 aromatic carbocycles. The molecule has 202 valence electrons. The molecule has 0 aliphatic carbocycles. The number of carbonyl (C=O) groups excluding carboxylic acids is 1. The van der Waals surface area contributed by atoms with Gasteiger partial charge in [0, 0.05) is 44.0 Å². The van der Waals surface area contributed by atoms with Crippen LogP contribution in [0, 0.1) is 5.82 Å². The molecule has 1 spiro atoms. The Morgan fingerprint density at radius 3 is 2.31 bits per heavy atom. The first-order chi connectivity index (χ1) is 18.5. The first kappa shape index (κ1) is 27.4. The number of benzene rings is 3. The molecule has 0 atom stereocenters. The Morgan fingerprint density at radius 1 is 0.974 bits per heavy atom. The topological polar surface area (TPSA) is 41.9 Å². The van der Waals surface area contributed by atoms with Crippen LogP contribution in [-0.4, -0.2) is 35.2 Å². The summed E-state index contributed by atoms with van der Waals surface area (Å²) >= 11 is 12.5. The molecule has 1 fully saturated rings. The SMILES string of the molecule is CC(C)(C)c1ccc(/C(=C/C(=O)N2CCC3(CC2)CC(c2cccc(F)c2)=NO3)c2ccc(Cl)c(Cl)c2)cc1. The summed E-state index contributed by atoms with van der Waals surface area (Å²) in [5.74, 6) is -0.371. The van der Waals surface area contributed by atoms with Crippen LogP contribution in [0.2, 0.25) is 10.0 Å². The second-order valence-corrected chi connectivity index (χ2v) is 12.2. The van der Waals surface area contributed by atoms with E-state index in [2.05, 4.69) is 38.1 Å². The fraction of sp³-hybridized carbons (Fsp3) is 0.312. The van der Waals surface area contributed by atoms with Gasteiger partial charge in [-0.2, -0.15) is 0 Å². The third-order valence-electron chi connectivity index (χ3n) is 7.54. The van der Waals surface area contributed by atoms with Gasteiger partial charge < -0.3 is 9.74 Å². The summed E-state index contributed by atoms with van der Waals surface area (Å²) in [5, 5.41) is 5.17. The van der Waals surface area contributed by atoms with E-state index >= 15 is 0 Å². The maximum absolute atomic E-state index is 13.7. The van der Waals surface area contributed by atoms with E-state index in [0.29, 0.717) is 42.4 Å². The van der Waals surface area contributed by atoms with E-state index in [9.17, 15) is 9.18 Å². The summed E-state index contributed by atoms with van der Waals surface area (Å²) < 4.78 is 13.7. The molecule has 0 N–H and O–H groups in total. The molecule has 1 amide bonds. The van der Waals surface area contributed by atoms with Crippen molar-refractivity contribution in [1.82, 2.24) is 4.90 Å². The van der Waals surface area contributed by atoms with Gasteiger partial charge >= 0.3 is 0 Å². The van der Waals surface area contributed by atoms with Gasteiger partial charge in [0.25, 0.3) is 0 Å². The molecule has 39 heavy (non-hydrogen) atoms. The minimum Gasteiger partial charge on any atom is -0.388 e. The fourth-order valence-electron chi connectivity index (χ4n) is 5.11. The van der Waals surface area contributed by atoms with Crippen molar-refractivity contribution in [2.24, 2.45) is 5.16 Å². The third-order valence-corrected chi connectivity index (χ3v) is 8.28. The smallest absolute Gasteiger partial charge is 0.247 e. The van der Waals surface area contributed by atoms with Crippen LogP contribution >= 0.6 is 23.2 Å². The van der Waals surface area contributed by atoms with Gasteiger partial charge in [0.15, 0.2) is 0 Å². The number of piperidine rings is 1. The Hall–Kier alpha value is -3.15. The number of nitrogens with zero attached hydrogens (tertiary/aromatic N) is 2. The lowest BCUT2D eigenvalue weighted by Gasteiger charge is -2.37. The molecular formula is C32H31Cl2FN2O2. The second-order valence-electron chi connectivity index (χ2n) is 11.3. The van der Waals surface area contributed by atoms with Crippen molar-refractivity contribution in [3.63, 3.8) is 0 Å².